The van der Waals surface area contributed by atoms with Crippen molar-refractivity contribution in [2.24, 2.45) is 0 Å². The lowest BCUT2D eigenvalue weighted by Crippen LogP contribution is -2.16. The maximum Gasteiger partial charge on any atom is 0.330 e. The largest absolute Gasteiger partial charge is 0.466 e. The molecule has 0 N–H and O–H groups in total. The first kappa shape index (κ1) is 14.9. The van der Waals surface area contributed by atoms with Crippen LogP contribution in [0, 0.1) is 0 Å². The van der Waals surface area contributed by atoms with Crippen LogP contribution in [0.4, 0.5) is 0 Å². The highest BCUT2D eigenvalue weighted by Crippen LogP contribution is 2.26. The van der Waals surface area contributed by atoms with Crippen LogP contribution in [0.25, 0.3) is 6.08 Å². The van der Waals surface area contributed by atoms with Gasteiger partial charge in [-0.1, -0.05) is 12.1 Å². The minimum Gasteiger partial charge on any atom is -0.466 e. The quantitative estimate of drug-likeness (QED) is 0.473. The standard InChI is InChI=1S/C15H18O4S/c1-17-14(16)10-7-12-5-8-13(9-6-12)19-20-15-4-2-3-11-18-15/h5-10,15H,2-4,11H2,1H3/b10-7+. The van der Waals surface area contributed by atoms with Gasteiger partial charge in [0.05, 0.1) is 19.2 Å². The van der Waals surface area contributed by atoms with E-state index in [0.29, 0.717) is 0 Å². The van der Waals surface area contributed by atoms with Crippen LogP contribution in [0.5, 0.6) is 5.75 Å². The Morgan fingerprint density at radius 3 is 2.80 bits per heavy atom. The number of rotatable bonds is 5. The molecule has 1 aliphatic heterocycles. The van der Waals surface area contributed by atoms with Gasteiger partial charge >= 0.3 is 5.97 Å². The Balaban J connectivity index is 1.81. The van der Waals surface area contributed by atoms with Gasteiger partial charge < -0.3 is 13.7 Å². The molecule has 1 aliphatic rings. The topological polar surface area (TPSA) is 44.8 Å². The molecular formula is C15H18O4S. The second kappa shape index (κ2) is 7.97. The number of hydrogen-bond donors (Lipinski definition) is 0. The molecule has 0 bridgehead atoms. The average Bonchev–Trinajstić information content (AvgIpc) is 2.52. The summed E-state index contributed by atoms with van der Waals surface area (Å²) in [5.41, 5.74) is 1.05. The van der Waals surface area contributed by atoms with E-state index >= 15 is 0 Å². The zero-order valence-electron chi connectivity index (χ0n) is 11.4. The highest BCUT2D eigenvalue weighted by Gasteiger charge is 2.15. The van der Waals surface area contributed by atoms with Crippen LogP contribution in [-0.4, -0.2) is 25.1 Å². The normalized spacial score (nSPS) is 18.9. The Labute approximate surface area is 123 Å². The van der Waals surface area contributed by atoms with Crippen LogP contribution in [0.15, 0.2) is 30.3 Å². The molecule has 1 aromatic rings. The third-order valence-corrected chi connectivity index (χ3v) is 3.76. The van der Waals surface area contributed by atoms with E-state index < -0.39 is 0 Å². The summed E-state index contributed by atoms with van der Waals surface area (Å²) in [6.07, 6.45) is 6.45. The number of benzene rings is 1. The minimum absolute atomic E-state index is 0.127. The van der Waals surface area contributed by atoms with Gasteiger partial charge in [0.25, 0.3) is 0 Å². The Bertz CT molecular complexity index is 449. The van der Waals surface area contributed by atoms with E-state index in [-0.39, 0.29) is 11.4 Å². The van der Waals surface area contributed by atoms with Gasteiger partial charge in [-0.25, -0.2) is 4.79 Å². The van der Waals surface area contributed by atoms with E-state index in [9.17, 15) is 4.79 Å². The Morgan fingerprint density at radius 1 is 1.35 bits per heavy atom. The first-order valence-corrected chi connectivity index (χ1v) is 7.39. The molecule has 1 aromatic carbocycles. The molecule has 0 aliphatic carbocycles. The van der Waals surface area contributed by atoms with Gasteiger partial charge in [0.1, 0.15) is 11.2 Å². The maximum absolute atomic E-state index is 11.0. The van der Waals surface area contributed by atoms with Crippen molar-refractivity contribution in [1.82, 2.24) is 0 Å². The van der Waals surface area contributed by atoms with Gasteiger partial charge in [-0.05, 0) is 43.0 Å². The molecule has 0 spiro atoms. The number of hydrogen-bond acceptors (Lipinski definition) is 5. The highest BCUT2D eigenvalue weighted by atomic mass is 32.2. The molecule has 1 unspecified atom stereocenters. The predicted octanol–water partition coefficient (Wildman–Crippen LogP) is 3.43. The van der Waals surface area contributed by atoms with Crippen molar-refractivity contribution < 1.29 is 18.5 Å². The van der Waals surface area contributed by atoms with Crippen molar-refractivity contribution in [2.75, 3.05) is 13.7 Å². The van der Waals surface area contributed by atoms with Gasteiger partial charge in [-0.3, -0.25) is 0 Å². The van der Waals surface area contributed by atoms with Crippen molar-refractivity contribution in [3.05, 3.63) is 35.9 Å². The maximum atomic E-state index is 11.0. The molecule has 20 heavy (non-hydrogen) atoms. The summed E-state index contributed by atoms with van der Waals surface area (Å²) in [5, 5.41) is 0. The Kier molecular flexibility index (Phi) is 5.95. The van der Waals surface area contributed by atoms with Crippen LogP contribution in [0.3, 0.4) is 0 Å². The number of carbonyl (C=O) groups excluding carboxylic acids is 1. The van der Waals surface area contributed by atoms with Gasteiger partial charge in [0.2, 0.25) is 0 Å². The number of methoxy groups -OCH3 is 1. The van der Waals surface area contributed by atoms with Gasteiger partial charge in [-0.15, -0.1) is 0 Å². The first-order valence-electron chi connectivity index (χ1n) is 6.59. The molecule has 1 heterocycles. The van der Waals surface area contributed by atoms with E-state index in [2.05, 4.69) is 4.74 Å². The van der Waals surface area contributed by atoms with Crippen LogP contribution in [-0.2, 0) is 14.3 Å². The fourth-order valence-electron chi connectivity index (χ4n) is 1.76. The number of carbonyl (C=O) groups is 1. The molecule has 0 aromatic heterocycles. The van der Waals surface area contributed by atoms with Gasteiger partial charge in [-0.2, -0.15) is 0 Å². The van der Waals surface area contributed by atoms with Crippen LogP contribution in [0.1, 0.15) is 24.8 Å². The Morgan fingerprint density at radius 2 is 2.15 bits per heavy atom. The summed E-state index contributed by atoms with van der Waals surface area (Å²) in [6.45, 7) is 0.818. The number of esters is 1. The zero-order valence-corrected chi connectivity index (χ0v) is 12.2. The van der Waals surface area contributed by atoms with Gasteiger partial charge in [0.15, 0.2) is 0 Å². The summed E-state index contributed by atoms with van der Waals surface area (Å²) in [7, 11) is 1.36. The van der Waals surface area contributed by atoms with E-state index in [4.69, 9.17) is 8.92 Å². The third-order valence-electron chi connectivity index (χ3n) is 2.88. The minimum atomic E-state index is -0.365. The number of ether oxygens (including phenoxy) is 2. The average molecular weight is 294 g/mol. The molecule has 5 heteroatoms. The van der Waals surface area contributed by atoms with Crippen molar-refractivity contribution in [2.45, 2.75) is 24.7 Å². The van der Waals surface area contributed by atoms with Crippen molar-refractivity contribution in [3.63, 3.8) is 0 Å². The van der Waals surface area contributed by atoms with E-state index in [1.54, 1.807) is 6.08 Å². The lowest BCUT2D eigenvalue weighted by Gasteiger charge is -2.20. The summed E-state index contributed by atoms with van der Waals surface area (Å²) < 4.78 is 15.7. The molecule has 0 radical (unpaired) electrons. The molecule has 0 saturated carbocycles. The second-order valence-electron chi connectivity index (χ2n) is 4.40. The lowest BCUT2D eigenvalue weighted by molar-refractivity contribution is -0.134. The molecule has 108 valence electrons. The molecule has 1 fully saturated rings. The summed E-state index contributed by atoms with van der Waals surface area (Å²) in [6, 6.07) is 7.51. The van der Waals surface area contributed by atoms with E-state index in [0.717, 1.165) is 30.8 Å². The van der Waals surface area contributed by atoms with Crippen molar-refractivity contribution >= 4 is 24.1 Å². The van der Waals surface area contributed by atoms with Crippen LogP contribution < -0.4 is 4.18 Å². The predicted molar refractivity (Wildman–Crippen MR) is 79.3 cm³/mol. The first-order chi connectivity index (χ1) is 9.78. The lowest BCUT2D eigenvalue weighted by atomic mass is 10.2. The molecule has 1 atom stereocenters. The summed E-state index contributed by atoms with van der Waals surface area (Å²) >= 11 is 1.36. The summed E-state index contributed by atoms with van der Waals surface area (Å²) in [5.74, 6) is 0.412. The van der Waals surface area contributed by atoms with Gasteiger partial charge in [0, 0.05) is 12.7 Å². The summed E-state index contributed by atoms with van der Waals surface area (Å²) in [4.78, 5) is 11.0. The smallest absolute Gasteiger partial charge is 0.330 e. The third kappa shape index (κ3) is 4.90. The van der Waals surface area contributed by atoms with E-state index in [1.807, 2.05) is 24.3 Å². The van der Waals surface area contributed by atoms with Crippen LogP contribution in [0.2, 0.25) is 0 Å². The van der Waals surface area contributed by atoms with Crippen molar-refractivity contribution in [3.8, 4) is 5.75 Å². The fourth-order valence-corrected chi connectivity index (χ4v) is 2.51. The highest BCUT2D eigenvalue weighted by molar-refractivity contribution is 7.95. The molecule has 2 rings (SSSR count). The molecule has 1 saturated heterocycles. The zero-order chi connectivity index (χ0) is 14.2. The van der Waals surface area contributed by atoms with E-state index in [1.165, 1.54) is 31.6 Å². The SMILES string of the molecule is COC(=O)/C=C/c1ccc(OSC2CCCCO2)cc1. The second-order valence-corrected chi connectivity index (χ2v) is 5.29. The van der Waals surface area contributed by atoms with Crippen molar-refractivity contribution in [1.29, 1.82) is 0 Å². The van der Waals surface area contributed by atoms with Crippen LogP contribution >= 0.6 is 12.0 Å². The molecular weight excluding hydrogens is 276 g/mol. The molecule has 0 amide bonds. The Hall–Kier alpha value is -1.46. The molecule has 4 nitrogen and oxygen atoms in total. The monoisotopic (exact) mass is 294 g/mol. The fraction of sp³-hybridized carbons (Fsp3) is 0.400.